The van der Waals surface area contributed by atoms with Crippen LogP contribution in [-0.4, -0.2) is 37.3 Å². The SMILES string of the molecule is C=C1CO[C@H](OC)[C@H](OCc2ccccc2)[C@H]1O. The largest absolute Gasteiger partial charge is 0.386 e. The Labute approximate surface area is 107 Å². The fourth-order valence-corrected chi connectivity index (χ4v) is 1.89. The van der Waals surface area contributed by atoms with Crippen LogP contribution in [0.15, 0.2) is 42.5 Å². The molecule has 0 bridgehead atoms. The van der Waals surface area contributed by atoms with Crippen LogP contribution in [0.2, 0.25) is 0 Å². The van der Waals surface area contributed by atoms with E-state index in [2.05, 4.69) is 6.58 Å². The number of benzene rings is 1. The van der Waals surface area contributed by atoms with Gasteiger partial charge in [0.25, 0.3) is 0 Å². The van der Waals surface area contributed by atoms with E-state index in [0.717, 1.165) is 5.56 Å². The molecule has 1 aliphatic heterocycles. The summed E-state index contributed by atoms with van der Waals surface area (Å²) in [4.78, 5) is 0. The molecular formula is C14H18O4. The first-order valence-corrected chi connectivity index (χ1v) is 5.88. The Bertz CT molecular complexity index is 390. The van der Waals surface area contributed by atoms with E-state index in [1.165, 1.54) is 7.11 Å². The minimum absolute atomic E-state index is 0.296. The fraction of sp³-hybridized carbons (Fsp3) is 0.429. The summed E-state index contributed by atoms with van der Waals surface area (Å²) in [5.41, 5.74) is 1.65. The lowest BCUT2D eigenvalue weighted by molar-refractivity contribution is -0.232. The molecule has 1 heterocycles. The van der Waals surface area contributed by atoms with E-state index in [1.807, 2.05) is 30.3 Å². The molecule has 3 atom stereocenters. The molecule has 0 aromatic heterocycles. The van der Waals surface area contributed by atoms with Gasteiger partial charge in [0.05, 0.1) is 13.2 Å². The summed E-state index contributed by atoms with van der Waals surface area (Å²) in [6.07, 6.45) is -1.86. The number of rotatable bonds is 4. The molecule has 4 heteroatoms. The van der Waals surface area contributed by atoms with Gasteiger partial charge in [-0.3, -0.25) is 0 Å². The van der Waals surface area contributed by atoms with Gasteiger partial charge in [0.1, 0.15) is 12.2 Å². The van der Waals surface area contributed by atoms with Crippen molar-refractivity contribution in [1.82, 2.24) is 0 Å². The summed E-state index contributed by atoms with van der Waals surface area (Å²) in [5.74, 6) is 0. The number of hydrogen-bond acceptors (Lipinski definition) is 4. The van der Waals surface area contributed by atoms with Gasteiger partial charge in [-0.25, -0.2) is 0 Å². The van der Waals surface area contributed by atoms with Gasteiger partial charge in [0.15, 0.2) is 6.29 Å². The number of hydrogen-bond donors (Lipinski definition) is 1. The average molecular weight is 250 g/mol. The Morgan fingerprint density at radius 1 is 1.39 bits per heavy atom. The molecule has 1 aliphatic rings. The Hall–Kier alpha value is -1.20. The van der Waals surface area contributed by atoms with Crippen molar-refractivity contribution < 1.29 is 19.3 Å². The second-order valence-electron chi connectivity index (χ2n) is 4.28. The van der Waals surface area contributed by atoms with Gasteiger partial charge in [-0.1, -0.05) is 36.9 Å². The predicted molar refractivity (Wildman–Crippen MR) is 66.9 cm³/mol. The minimum Gasteiger partial charge on any atom is -0.386 e. The summed E-state index contributed by atoms with van der Waals surface area (Å²) in [6, 6.07) is 9.76. The highest BCUT2D eigenvalue weighted by molar-refractivity contribution is 5.14. The Morgan fingerprint density at radius 3 is 2.78 bits per heavy atom. The van der Waals surface area contributed by atoms with Crippen molar-refractivity contribution in [2.45, 2.75) is 25.1 Å². The molecule has 1 aromatic rings. The van der Waals surface area contributed by atoms with Crippen LogP contribution in [0.4, 0.5) is 0 Å². The quantitative estimate of drug-likeness (QED) is 0.822. The second-order valence-corrected chi connectivity index (χ2v) is 4.28. The summed E-state index contributed by atoms with van der Waals surface area (Å²) < 4.78 is 16.3. The third kappa shape index (κ3) is 2.97. The Kier molecular flexibility index (Phi) is 4.49. The Balaban J connectivity index is 1.98. The highest BCUT2D eigenvalue weighted by Crippen LogP contribution is 2.22. The molecule has 1 fully saturated rings. The van der Waals surface area contributed by atoms with Crippen molar-refractivity contribution >= 4 is 0 Å². The predicted octanol–water partition coefficient (Wildman–Crippen LogP) is 1.49. The molecular weight excluding hydrogens is 232 g/mol. The van der Waals surface area contributed by atoms with E-state index in [0.29, 0.717) is 18.8 Å². The van der Waals surface area contributed by atoms with Gasteiger partial charge >= 0.3 is 0 Å². The van der Waals surface area contributed by atoms with E-state index in [9.17, 15) is 5.11 Å². The molecule has 0 unspecified atom stereocenters. The molecule has 0 aliphatic carbocycles. The molecule has 0 radical (unpaired) electrons. The van der Waals surface area contributed by atoms with Crippen LogP contribution in [0.3, 0.4) is 0 Å². The van der Waals surface area contributed by atoms with E-state index in [1.54, 1.807) is 0 Å². The zero-order valence-corrected chi connectivity index (χ0v) is 10.4. The van der Waals surface area contributed by atoms with Crippen molar-refractivity contribution in [2.75, 3.05) is 13.7 Å². The summed E-state index contributed by atoms with van der Waals surface area (Å²) in [5, 5.41) is 10.0. The maximum Gasteiger partial charge on any atom is 0.186 e. The molecule has 1 N–H and O–H groups in total. The zero-order valence-electron chi connectivity index (χ0n) is 10.4. The summed E-state index contributed by atoms with van der Waals surface area (Å²) in [6.45, 7) is 4.46. The molecule has 0 spiro atoms. The molecule has 0 saturated carbocycles. The third-order valence-electron chi connectivity index (χ3n) is 2.95. The molecule has 2 rings (SSSR count). The molecule has 1 aromatic carbocycles. The van der Waals surface area contributed by atoms with Crippen molar-refractivity contribution in [3.8, 4) is 0 Å². The van der Waals surface area contributed by atoms with Crippen LogP contribution in [-0.2, 0) is 20.8 Å². The van der Waals surface area contributed by atoms with Gasteiger partial charge < -0.3 is 19.3 Å². The van der Waals surface area contributed by atoms with Crippen molar-refractivity contribution in [1.29, 1.82) is 0 Å². The molecule has 1 saturated heterocycles. The smallest absolute Gasteiger partial charge is 0.186 e. The first kappa shape index (κ1) is 13.2. The maximum atomic E-state index is 10.0. The number of ether oxygens (including phenoxy) is 3. The van der Waals surface area contributed by atoms with Crippen LogP contribution in [0.25, 0.3) is 0 Å². The second kappa shape index (κ2) is 6.11. The molecule has 98 valence electrons. The number of methoxy groups -OCH3 is 1. The fourth-order valence-electron chi connectivity index (χ4n) is 1.89. The summed E-state index contributed by atoms with van der Waals surface area (Å²) in [7, 11) is 1.53. The maximum absolute atomic E-state index is 10.0. The lowest BCUT2D eigenvalue weighted by Crippen LogP contribution is -2.48. The van der Waals surface area contributed by atoms with Gasteiger partial charge in [-0.2, -0.15) is 0 Å². The van der Waals surface area contributed by atoms with E-state index >= 15 is 0 Å². The van der Waals surface area contributed by atoms with Gasteiger partial charge in [0.2, 0.25) is 0 Å². The first-order valence-electron chi connectivity index (χ1n) is 5.88. The van der Waals surface area contributed by atoms with Gasteiger partial charge in [-0.15, -0.1) is 0 Å². The van der Waals surface area contributed by atoms with Crippen LogP contribution >= 0.6 is 0 Å². The van der Waals surface area contributed by atoms with Crippen LogP contribution < -0.4 is 0 Å². The van der Waals surface area contributed by atoms with Crippen molar-refractivity contribution in [2.24, 2.45) is 0 Å². The highest BCUT2D eigenvalue weighted by atomic mass is 16.7. The van der Waals surface area contributed by atoms with Crippen LogP contribution in [0.5, 0.6) is 0 Å². The first-order chi connectivity index (χ1) is 8.72. The van der Waals surface area contributed by atoms with Gasteiger partial charge in [-0.05, 0) is 11.1 Å². The van der Waals surface area contributed by atoms with Gasteiger partial charge in [0, 0.05) is 7.11 Å². The monoisotopic (exact) mass is 250 g/mol. The van der Waals surface area contributed by atoms with Crippen molar-refractivity contribution in [3.63, 3.8) is 0 Å². The minimum atomic E-state index is -0.757. The van der Waals surface area contributed by atoms with E-state index in [4.69, 9.17) is 14.2 Å². The number of aliphatic hydroxyl groups excluding tert-OH is 1. The lowest BCUT2D eigenvalue weighted by atomic mass is 10.0. The van der Waals surface area contributed by atoms with Crippen molar-refractivity contribution in [3.05, 3.63) is 48.0 Å². The van der Waals surface area contributed by atoms with Crippen LogP contribution in [0, 0.1) is 0 Å². The normalized spacial score (nSPS) is 28.3. The van der Waals surface area contributed by atoms with E-state index < -0.39 is 18.5 Å². The number of aliphatic hydroxyl groups is 1. The zero-order chi connectivity index (χ0) is 13.0. The lowest BCUT2D eigenvalue weighted by Gasteiger charge is -2.35. The molecule has 0 amide bonds. The average Bonchev–Trinajstić information content (AvgIpc) is 2.41. The van der Waals surface area contributed by atoms with E-state index in [-0.39, 0.29) is 0 Å². The van der Waals surface area contributed by atoms with Crippen LogP contribution in [0.1, 0.15) is 5.56 Å². The standard InChI is InChI=1S/C14H18O4/c1-10-8-18-14(16-2)13(12(10)15)17-9-11-6-4-3-5-7-11/h3-7,12-15H,1,8-9H2,2H3/t12-,13+,14-/m0/s1. The molecule has 18 heavy (non-hydrogen) atoms. The summed E-state index contributed by atoms with van der Waals surface area (Å²) >= 11 is 0. The Morgan fingerprint density at radius 2 is 2.11 bits per heavy atom. The topological polar surface area (TPSA) is 47.9 Å². The molecule has 4 nitrogen and oxygen atoms in total. The highest BCUT2D eigenvalue weighted by Gasteiger charge is 2.36. The third-order valence-corrected chi connectivity index (χ3v) is 2.95.